The van der Waals surface area contributed by atoms with Gasteiger partial charge >= 0.3 is 6.03 Å². The highest BCUT2D eigenvalue weighted by atomic mass is 32.2. The largest absolute Gasteiger partial charge is 0.325 e. The Bertz CT molecular complexity index is 1100. The van der Waals surface area contributed by atoms with E-state index >= 15 is 0 Å². The Hall–Kier alpha value is -2.93. The first kappa shape index (κ1) is 19.4. The molecule has 3 aromatic rings. The first-order chi connectivity index (χ1) is 14.0. The lowest BCUT2D eigenvalue weighted by atomic mass is 10.1. The molecule has 0 aliphatic heterocycles. The quantitative estimate of drug-likeness (QED) is 0.479. The Kier molecular flexibility index (Phi) is 5.49. The smallest absolute Gasteiger partial charge is 0.307 e. The van der Waals surface area contributed by atoms with Crippen LogP contribution in [-0.4, -0.2) is 27.7 Å². The first-order valence-electron chi connectivity index (χ1n) is 9.58. The number of para-hydroxylation sites is 1. The lowest BCUT2D eigenvalue weighted by molar-refractivity contribution is -0.117. The number of aryl methyl sites for hydroxylation is 1. The maximum atomic E-state index is 12.3. The number of anilines is 1. The molecule has 1 heterocycles. The van der Waals surface area contributed by atoms with Gasteiger partial charge in [0.2, 0.25) is 5.91 Å². The van der Waals surface area contributed by atoms with Crippen LogP contribution >= 0.6 is 11.8 Å². The molecule has 29 heavy (non-hydrogen) atoms. The lowest BCUT2D eigenvalue weighted by Crippen LogP contribution is -2.35. The van der Waals surface area contributed by atoms with Gasteiger partial charge in [0.1, 0.15) is 10.9 Å². The monoisotopic (exact) mass is 406 g/mol. The molecular formula is C22H22N4O2S. The molecule has 0 bridgehead atoms. The van der Waals surface area contributed by atoms with Crippen molar-refractivity contribution in [3.05, 3.63) is 59.4 Å². The molecular weight excluding hydrogens is 384 g/mol. The Balaban J connectivity index is 1.40. The molecule has 2 aromatic carbocycles. The molecule has 0 radical (unpaired) electrons. The van der Waals surface area contributed by atoms with E-state index in [1.54, 1.807) is 0 Å². The van der Waals surface area contributed by atoms with Gasteiger partial charge in [0.15, 0.2) is 0 Å². The summed E-state index contributed by atoms with van der Waals surface area (Å²) in [5, 5.41) is 6.83. The van der Waals surface area contributed by atoms with Crippen molar-refractivity contribution in [3.63, 3.8) is 0 Å². The SMILES string of the molecule is Cc1cccc(NC(=O)NC(=O)CSc2nc(C3CC3)nc3ccccc23)c1C. The molecule has 0 unspecified atom stereocenters. The fraction of sp³-hybridized carbons (Fsp3) is 0.273. The van der Waals surface area contributed by atoms with Crippen LogP contribution in [0.3, 0.4) is 0 Å². The minimum Gasteiger partial charge on any atom is -0.307 e. The van der Waals surface area contributed by atoms with Crippen LogP contribution in [0.1, 0.15) is 35.7 Å². The third-order valence-electron chi connectivity index (χ3n) is 4.97. The number of benzene rings is 2. The minimum atomic E-state index is -0.532. The summed E-state index contributed by atoms with van der Waals surface area (Å²) in [6.07, 6.45) is 2.23. The number of nitrogens with one attached hydrogen (secondary N) is 2. The minimum absolute atomic E-state index is 0.103. The summed E-state index contributed by atoms with van der Waals surface area (Å²) in [7, 11) is 0. The van der Waals surface area contributed by atoms with Crippen molar-refractivity contribution in [2.24, 2.45) is 0 Å². The summed E-state index contributed by atoms with van der Waals surface area (Å²) in [5.41, 5.74) is 3.63. The van der Waals surface area contributed by atoms with Gasteiger partial charge in [-0.05, 0) is 49.9 Å². The number of carbonyl (C=O) groups excluding carboxylic acids is 2. The second-order valence-corrected chi connectivity index (χ2v) is 8.18. The summed E-state index contributed by atoms with van der Waals surface area (Å²) in [6, 6.07) is 12.9. The van der Waals surface area contributed by atoms with Crippen molar-refractivity contribution in [2.45, 2.75) is 37.6 Å². The van der Waals surface area contributed by atoms with E-state index in [4.69, 9.17) is 0 Å². The predicted molar refractivity (Wildman–Crippen MR) is 115 cm³/mol. The highest BCUT2D eigenvalue weighted by Crippen LogP contribution is 2.39. The van der Waals surface area contributed by atoms with E-state index in [2.05, 4.69) is 20.6 Å². The average Bonchev–Trinajstić information content (AvgIpc) is 3.55. The molecule has 1 saturated carbocycles. The number of amides is 3. The van der Waals surface area contributed by atoms with E-state index in [0.29, 0.717) is 11.6 Å². The molecule has 1 aliphatic rings. The predicted octanol–water partition coefficient (Wildman–Crippen LogP) is 4.56. The van der Waals surface area contributed by atoms with Crippen molar-refractivity contribution in [3.8, 4) is 0 Å². The number of nitrogens with zero attached hydrogens (tertiary/aromatic N) is 2. The lowest BCUT2D eigenvalue weighted by Gasteiger charge is -2.11. The molecule has 6 nitrogen and oxygen atoms in total. The second-order valence-electron chi connectivity index (χ2n) is 7.22. The second kappa shape index (κ2) is 8.21. The van der Waals surface area contributed by atoms with Crippen molar-refractivity contribution < 1.29 is 9.59 Å². The number of thioether (sulfide) groups is 1. The van der Waals surface area contributed by atoms with Crippen LogP contribution in [0.2, 0.25) is 0 Å². The van der Waals surface area contributed by atoms with Gasteiger partial charge in [-0.3, -0.25) is 10.1 Å². The molecule has 148 valence electrons. The van der Waals surface area contributed by atoms with Gasteiger partial charge in [0.25, 0.3) is 0 Å². The third kappa shape index (κ3) is 4.56. The van der Waals surface area contributed by atoms with E-state index in [-0.39, 0.29) is 11.7 Å². The Labute approximate surface area is 173 Å². The molecule has 4 rings (SSSR count). The van der Waals surface area contributed by atoms with Crippen molar-refractivity contribution in [1.29, 1.82) is 0 Å². The van der Waals surface area contributed by atoms with E-state index < -0.39 is 6.03 Å². The Morgan fingerprint density at radius 1 is 1.07 bits per heavy atom. The van der Waals surface area contributed by atoms with Crippen molar-refractivity contribution in [1.82, 2.24) is 15.3 Å². The van der Waals surface area contributed by atoms with Gasteiger partial charge in [-0.2, -0.15) is 0 Å². The molecule has 1 fully saturated rings. The fourth-order valence-corrected chi connectivity index (χ4v) is 3.86. The zero-order chi connectivity index (χ0) is 20.4. The van der Waals surface area contributed by atoms with Gasteiger partial charge in [-0.25, -0.2) is 14.8 Å². The van der Waals surface area contributed by atoms with E-state index in [0.717, 1.165) is 45.7 Å². The molecule has 7 heteroatoms. The summed E-state index contributed by atoms with van der Waals surface area (Å²) < 4.78 is 0. The van der Waals surface area contributed by atoms with E-state index in [1.165, 1.54) is 11.8 Å². The van der Waals surface area contributed by atoms with Gasteiger partial charge in [0, 0.05) is 17.0 Å². The highest BCUT2D eigenvalue weighted by molar-refractivity contribution is 8.00. The van der Waals surface area contributed by atoms with Crippen LogP contribution in [0.4, 0.5) is 10.5 Å². The summed E-state index contributed by atoms with van der Waals surface area (Å²) >= 11 is 1.33. The molecule has 3 amide bonds. The maximum absolute atomic E-state index is 12.3. The summed E-state index contributed by atoms with van der Waals surface area (Å²) in [4.78, 5) is 33.8. The van der Waals surface area contributed by atoms with Crippen LogP contribution in [0.25, 0.3) is 10.9 Å². The van der Waals surface area contributed by atoms with Gasteiger partial charge in [-0.1, -0.05) is 42.1 Å². The van der Waals surface area contributed by atoms with Gasteiger partial charge in [-0.15, -0.1) is 0 Å². The third-order valence-corrected chi connectivity index (χ3v) is 5.96. The molecule has 0 spiro atoms. The van der Waals surface area contributed by atoms with Crippen LogP contribution < -0.4 is 10.6 Å². The number of fused-ring (bicyclic) bond motifs is 1. The molecule has 0 saturated heterocycles. The standard InChI is InChI=1S/C22H22N4O2S/c1-13-6-5-9-17(14(13)2)24-22(28)25-19(27)12-29-21-16-7-3-4-8-18(16)23-20(26-21)15-10-11-15/h3-9,15H,10-12H2,1-2H3,(H2,24,25,27,28). The van der Waals surface area contributed by atoms with Gasteiger partial charge < -0.3 is 5.32 Å². The molecule has 1 aliphatic carbocycles. The number of rotatable bonds is 5. The number of hydrogen-bond acceptors (Lipinski definition) is 5. The van der Waals surface area contributed by atoms with Gasteiger partial charge in [0.05, 0.1) is 11.3 Å². The molecule has 0 atom stereocenters. The average molecular weight is 407 g/mol. The van der Waals surface area contributed by atoms with E-state index in [1.807, 2.05) is 56.3 Å². The number of imide groups is 1. The fourth-order valence-electron chi connectivity index (χ4n) is 3.04. The van der Waals surface area contributed by atoms with Crippen molar-refractivity contribution in [2.75, 3.05) is 11.1 Å². The summed E-state index contributed by atoms with van der Waals surface area (Å²) in [6.45, 7) is 3.91. The Morgan fingerprint density at radius 2 is 1.86 bits per heavy atom. The molecule has 1 aromatic heterocycles. The molecule has 2 N–H and O–H groups in total. The van der Waals surface area contributed by atoms with Crippen LogP contribution in [0.15, 0.2) is 47.5 Å². The van der Waals surface area contributed by atoms with Crippen LogP contribution in [-0.2, 0) is 4.79 Å². The number of aromatic nitrogens is 2. The maximum Gasteiger partial charge on any atom is 0.325 e. The van der Waals surface area contributed by atoms with Crippen LogP contribution in [0, 0.1) is 13.8 Å². The zero-order valence-electron chi connectivity index (χ0n) is 16.4. The van der Waals surface area contributed by atoms with E-state index in [9.17, 15) is 9.59 Å². The van der Waals surface area contributed by atoms with Crippen LogP contribution in [0.5, 0.6) is 0 Å². The summed E-state index contributed by atoms with van der Waals surface area (Å²) in [5.74, 6) is 1.01. The number of urea groups is 1. The highest BCUT2D eigenvalue weighted by Gasteiger charge is 2.27. The Morgan fingerprint density at radius 3 is 2.66 bits per heavy atom. The normalized spacial score (nSPS) is 13.3. The number of carbonyl (C=O) groups is 2. The topological polar surface area (TPSA) is 84.0 Å². The number of hydrogen-bond donors (Lipinski definition) is 2. The first-order valence-corrected chi connectivity index (χ1v) is 10.6. The van der Waals surface area contributed by atoms with Crippen molar-refractivity contribution >= 4 is 40.3 Å². The zero-order valence-corrected chi connectivity index (χ0v) is 17.2.